The summed E-state index contributed by atoms with van der Waals surface area (Å²) in [6.45, 7) is 4.23. The molecule has 0 saturated carbocycles. The van der Waals surface area contributed by atoms with Gasteiger partial charge in [-0.1, -0.05) is 33.6 Å². The second kappa shape index (κ2) is 10.9. The largest absolute Gasteiger partial charge is 0.493 e. The van der Waals surface area contributed by atoms with E-state index in [0.717, 1.165) is 10.0 Å². The highest BCUT2D eigenvalue weighted by Crippen LogP contribution is 2.23. The van der Waals surface area contributed by atoms with Crippen molar-refractivity contribution in [2.45, 2.75) is 13.8 Å². The van der Waals surface area contributed by atoms with Crippen LogP contribution in [0.1, 0.15) is 33.2 Å². The van der Waals surface area contributed by atoms with Crippen molar-refractivity contribution in [3.63, 3.8) is 0 Å². The number of halogens is 1. The fraction of sp³-hybridized carbons (Fsp3) is 0.125. The van der Waals surface area contributed by atoms with Crippen molar-refractivity contribution in [1.29, 1.82) is 0 Å². The molecule has 8 heteroatoms. The summed E-state index contributed by atoms with van der Waals surface area (Å²) in [5.74, 6) is -0.0877. The molecule has 3 rings (SSSR count). The quantitative estimate of drug-likeness (QED) is 0.379. The Morgan fingerprint density at radius 2 is 1.62 bits per heavy atom. The average molecular weight is 512 g/mol. The summed E-state index contributed by atoms with van der Waals surface area (Å²) >= 11 is 8.63. The SMILES string of the molecule is CCOc1ccc(Br)cc1C(=O)NC(=S)Nc1ccc(NC(=O)c2cccc(C)c2)cc1. The Labute approximate surface area is 200 Å². The van der Waals surface area contributed by atoms with E-state index >= 15 is 0 Å². The third-order valence-electron chi connectivity index (χ3n) is 4.39. The lowest BCUT2D eigenvalue weighted by Gasteiger charge is -2.13. The number of thiocarbonyl (C=S) groups is 1. The number of anilines is 2. The highest BCUT2D eigenvalue weighted by molar-refractivity contribution is 9.10. The number of benzene rings is 3. The summed E-state index contributed by atoms with van der Waals surface area (Å²) in [6, 6.07) is 19.6. The van der Waals surface area contributed by atoms with Gasteiger partial charge in [0.05, 0.1) is 12.2 Å². The molecule has 0 atom stereocenters. The molecule has 0 aliphatic rings. The lowest BCUT2D eigenvalue weighted by atomic mass is 10.1. The second-order valence-electron chi connectivity index (χ2n) is 6.88. The Bertz CT molecular complexity index is 1150. The zero-order valence-electron chi connectivity index (χ0n) is 17.6. The molecule has 0 unspecified atom stereocenters. The van der Waals surface area contributed by atoms with Crippen LogP contribution in [-0.2, 0) is 0 Å². The lowest BCUT2D eigenvalue weighted by molar-refractivity contribution is 0.0972. The molecule has 3 aromatic rings. The van der Waals surface area contributed by atoms with Gasteiger partial charge >= 0.3 is 0 Å². The van der Waals surface area contributed by atoms with E-state index in [1.54, 1.807) is 48.5 Å². The van der Waals surface area contributed by atoms with Gasteiger partial charge in [-0.05, 0) is 80.7 Å². The van der Waals surface area contributed by atoms with E-state index in [4.69, 9.17) is 17.0 Å². The summed E-state index contributed by atoms with van der Waals surface area (Å²) < 4.78 is 6.27. The monoisotopic (exact) mass is 511 g/mol. The molecule has 32 heavy (non-hydrogen) atoms. The molecule has 6 nitrogen and oxygen atoms in total. The number of rotatable bonds is 6. The van der Waals surface area contributed by atoms with Crippen LogP contribution in [0.5, 0.6) is 5.75 Å². The first-order chi connectivity index (χ1) is 15.4. The van der Waals surface area contributed by atoms with Gasteiger partial charge in [0.15, 0.2) is 5.11 Å². The van der Waals surface area contributed by atoms with Crippen molar-refractivity contribution in [2.24, 2.45) is 0 Å². The van der Waals surface area contributed by atoms with E-state index in [1.165, 1.54) is 0 Å². The summed E-state index contributed by atoms with van der Waals surface area (Å²) in [4.78, 5) is 25.0. The van der Waals surface area contributed by atoms with Crippen molar-refractivity contribution in [3.8, 4) is 5.75 Å². The maximum atomic E-state index is 12.6. The Kier molecular flexibility index (Phi) is 7.97. The van der Waals surface area contributed by atoms with Gasteiger partial charge in [0.1, 0.15) is 5.75 Å². The molecule has 0 fully saturated rings. The number of amides is 2. The van der Waals surface area contributed by atoms with E-state index in [2.05, 4.69) is 31.9 Å². The zero-order valence-corrected chi connectivity index (χ0v) is 20.0. The molecule has 0 spiro atoms. The van der Waals surface area contributed by atoms with Crippen molar-refractivity contribution >= 4 is 56.4 Å². The van der Waals surface area contributed by atoms with Crippen LogP contribution in [0.15, 0.2) is 71.2 Å². The van der Waals surface area contributed by atoms with Crippen LogP contribution >= 0.6 is 28.1 Å². The fourth-order valence-corrected chi connectivity index (χ4v) is 3.49. The van der Waals surface area contributed by atoms with Gasteiger partial charge in [-0.2, -0.15) is 0 Å². The summed E-state index contributed by atoms with van der Waals surface area (Å²) in [6.07, 6.45) is 0. The Balaban J connectivity index is 1.59. The minimum Gasteiger partial charge on any atom is -0.493 e. The van der Waals surface area contributed by atoms with Crippen LogP contribution in [-0.4, -0.2) is 23.5 Å². The predicted octanol–water partition coefficient (Wildman–Crippen LogP) is 5.54. The Hall–Kier alpha value is -3.23. The average Bonchev–Trinajstić information content (AvgIpc) is 2.76. The molecule has 2 amide bonds. The number of aryl methyl sites for hydroxylation is 1. The maximum absolute atomic E-state index is 12.6. The molecule has 164 valence electrons. The molecule has 0 aliphatic heterocycles. The number of hydrogen-bond acceptors (Lipinski definition) is 4. The predicted molar refractivity (Wildman–Crippen MR) is 135 cm³/mol. The Morgan fingerprint density at radius 3 is 2.28 bits per heavy atom. The van der Waals surface area contributed by atoms with E-state index in [0.29, 0.717) is 34.9 Å². The van der Waals surface area contributed by atoms with E-state index in [9.17, 15) is 9.59 Å². The van der Waals surface area contributed by atoms with Crippen LogP contribution in [0.2, 0.25) is 0 Å². The first-order valence-corrected chi connectivity index (χ1v) is 11.1. The third kappa shape index (κ3) is 6.38. The van der Waals surface area contributed by atoms with Gasteiger partial charge in [0.25, 0.3) is 11.8 Å². The number of carbonyl (C=O) groups is 2. The van der Waals surface area contributed by atoms with Crippen molar-refractivity contribution in [1.82, 2.24) is 5.32 Å². The number of ether oxygens (including phenoxy) is 1. The minimum atomic E-state index is -0.380. The van der Waals surface area contributed by atoms with E-state index in [1.807, 2.05) is 32.0 Å². The number of nitrogens with one attached hydrogen (secondary N) is 3. The first-order valence-electron chi connectivity index (χ1n) is 9.88. The molecule has 0 bridgehead atoms. The molecule has 0 heterocycles. The molecular weight excluding hydrogens is 490 g/mol. The summed E-state index contributed by atoms with van der Waals surface area (Å²) in [5, 5.41) is 8.62. The maximum Gasteiger partial charge on any atom is 0.261 e. The second-order valence-corrected chi connectivity index (χ2v) is 8.21. The molecule has 0 saturated heterocycles. The van der Waals surface area contributed by atoms with Crippen LogP contribution < -0.4 is 20.7 Å². The summed E-state index contributed by atoms with van der Waals surface area (Å²) in [5.41, 5.74) is 3.30. The zero-order chi connectivity index (χ0) is 23.1. The minimum absolute atomic E-state index is 0.147. The van der Waals surface area contributed by atoms with Crippen LogP contribution in [0.3, 0.4) is 0 Å². The van der Waals surface area contributed by atoms with Crippen molar-refractivity contribution in [3.05, 3.63) is 87.9 Å². The van der Waals surface area contributed by atoms with Gasteiger partial charge in [-0.3, -0.25) is 14.9 Å². The number of carbonyl (C=O) groups excluding carboxylic acids is 2. The standard InChI is InChI=1S/C24H22BrN3O3S/c1-3-31-21-12-7-17(25)14-20(21)23(30)28-24(32)27-19-10-8-18(9-11-19)26-22(29)16-6-4-5-15(2)13-16/h4-14H,3H2,1-2H3,(H,26,29)(H2,27,28,30,32). The normalized spacial score (nSPS) is 10.2. The molecule has 3 N–H and O–H groups in total. The molecule has 0 aromatic heterocycles. The molecule has 3 aromatic carbocycles. The van der Waals surface area contributed by atoms with E-state index < -0.39 is 0 Å². The fourth-order valence-electron chi connectivity index (χ4n) is 2.92. The van der Waals surface area contributed by atoms with E-state index in [-0.39, 0.29) is 16.9 Å². The van der Waals surface area contributed by atoms with Crippen LogP contribution in [0.4, 0.5) is 11.4 Å². The lowest BCUT2D eigenvalue weighted by Crippen LogP contribution is -2.34. The topological polar surface area (TPSA) is 79.5 Å². The van der Waals surface area contributed by atoms with Gasteiger partial charge in [0, 0.05) is 21.4 Å². The van der Waals surface area contributed by atoms with Gasteiger partial charge < -0.3 is 15.4 Å². The van der Waals surface area contributed by atoms with Gasteiger partial charge in [-0.15, -0.1) is 0 Å². The van der Waals surface area contributed by atoms with Gasteiger partial charge in [0.2, 0.25) is 0 Å². The third-order valence-corrected chi connectivity index (χ3v) is 5.09. The highest BCUT2D eigenvalue weighted by atomic mass is 79.9. The Morgan fingerprint density at radius 1 is 0.938 bits per heavy atom. The molecular formula is C24H22BrN3O3S. The van der Waals surface area contributed by atoms with Crippen LogP contribution in [0.25, 0.3) is 0 Å². The van der Waals surface area contributed by atoms with Gasteiger partial charge in [-0.25, -0.2) is 0 Å². The first kappa shape index (κ1) is 23.4. The summed E-state index contributed by atoms with van der Waals surface area (Å²) in [7, 11) is 0. The highest BCUT2D eigenvalue weighted by Gasteiger charge is 2.15. The van der Waals surface area contributed by atoms with Crippen molar-refractivity contribution < 1.29 is 14.3 Å². The molecule has 0 radical (unpaired) electrons. The smallest absolute Gasteiger partial charge is 0.261 e. The molecule has 0 aliphatic carbocycles. The number of hydrogen-bond donors (Lipinski definition) is 3. The van der Waals surface area contributed by atoms with Crippen LogP contribution in [0, 0.1) is 6.92 Å². The van der Waals surface area contributed by atoms with Crippen molar-refractivity contribution in [2.75, 3.05) is 17.2 Å².